The first-order valence-corrected chi connectivity index (χ1v) is 4.87. The van der Waals surface area contributed by atoms with Gasteiger partial charge in [0.05, 0.1) is 12.1 Å². The molecule has 0 aliphatic carbocycles. The fourth-order valence-corrected chi connectivity index (χ4v) is 1.03. The van der Waals surface area contributed by atoms with Gasteiger partial charge in [-0.15, -0.1) is 0 Å². The molecule has 0 radical (unpaired) electrons. The Bertz CT molecular complexity index is 359. The third-order valence-corrected chi connectivity index (χ3v) is 1.77. The summed E-state index contributed by atoms with van der Waals surface area (Å²) < 4.78 is 0. The van der Waals surface area contributed by atoms with Gasteiger partial charge in [-0.1, -0.05) is 12.1 Å². The van der Waals surface area contributed by atoms with Gasteiger partial charge in [0.15, 0.2) is 0 Å². The summed E-state index contributed by atoms with van der Waals surface area (Å²) in [6.07, 6.45) is 0.0833. The zero-order chi connectivity index (χ0) is 12.7. The van der Waals surface area contributed by atoms with Crippen LogP contribution < -0.4 is 5.73 Å². The maximum absolute atomic E-state index is 10.0. The number of nitrogen functional groups attached to an aromatic ring is 1. The molecule has 90 valence electrons. The maximum Gasteiger partial charge on any atom is 0.141 e. The number of anilines is 1. The molecule has 0 aromatic heterocycles. The molecule has 5 heteroatoms. The fourth-order valence-electron chi connectivity index (χ4n) is 1.03. The van der Waals surface area contributed by atoms with Gasteiger partial charge in [-0.3, -0.25) is 9.59 Å². The summed E-state index contributed by atoms with van der Waals surface area (Å²) in [7, 11) is 0. The van der Waals surface area contributed by atoms with Gasteiger partial charge in [0, 0.05) is 19.5 Å². The fraction of sp³-hybridized carbons (Fsp3) is 0.333. The molecule has 0 bridgehead atoms. The molecule has 0 spiro atoms. The summed E-state index contributed by atoms with van der Waals surface area (Å²) in [5.74, 6) is 0.0671. The van der Waals surface area contributed by atoms with Gasteiger partial charge in [-0.25, -0.2) is 0 Å². The van der Waals surface area contributed by atoms with Crippen molar-refractivity contribution in [1.29, 1.82) is 0 Å². The van der Waals surface area contributed by atoms with Crippen molar-refractivity contribution < 1.29 is 34.2 Å². The van der Waals surface area contributed by atoms with E-state index in [1.807, 2.05) is 19.1 Å². The SMILES string of the molecule is CC(=O)CC(C)=O.Cc1cccc(N)c1O.[Zn]. The molecule has 4 nitrogen and oxygen atoms in total. The number of aromatic hydroxyl groups is 1. The van der Waals surface area contributed by atoms with Crippen LogP contribution in [-0.2, 0) is 29.1 Å². The first kappa shape index (κ1) is 18.2. The molecule has 0 amide bonds. The van der Waals surface area contributed by atoms with Crippen molar-refractivity contribution >= 4 is 17.3 Å². The minimum atomic E-state index is -0.0625. The zero-order valence-electron chi connectivity index (χ0n) is 10.5. The minimum Gasteiger partial charge on any atom is -0.506 e. The number of benzene rings is 1. The van der Waals surface area contributed by atoms with Gasteiger partial charge < -0.3 is 10.8 Å². The molecule has 0 fully saturated rings. The first-order chi connectivity index (χ1) is 7.34. The summed E-state index contributed by atoms with van der Waals surface area (Å²) >= 11 is 0. The van der Waals surface area contributed by atoms with Crippen LogP contribution in [0.2, 0.25) is 0 Å². The first-order valence-electron chi connectivity index (χ1n) is 4.87. The largest absolute Gasteiger partial charge is 0.506 e. The van der Waals surface area contributed by atoms with E-state index in [0.29, 0.717) is 5.69 Å². The number of nitrogens with two attached hydrogens (primary N) is 1. The summed E-state index contributed by atoms with van der Waals surface area (Å²) in [6.45, 7) is 4.62. The van der Waals surface area contributed by atoms with Gasteiger partial charge in [0.1, 0.15) is 17.3 Å². The Labute approximate surface area is 114 Å². The summed E-state index contributed by atoms with van der Waals surface area (Å²) in [6, 6.07) is 5.29. The molecular weight excluding hydrogens is 272 g/mol. The average molecular weight is 289 g/mol. The van der Waals surface area contributed by atoms with Crippen LogP contribution in [0.5, 0.6) is 5.75 Å². The van der Waals surface area contributed by atoms with Crippen LogP contribution in [0.4, 0.5) is 5.69 Å². The van der Waals surface area contributed by atoms with Crippen molar-refractivity contribution in [3.63, 3.8) is 0 Å². The summed E-state index contributed by atoms with van der Waals surface area (Å²) in [5, 5.41) is 9.08. The Kier molecular flexibility index (Phi) is 9.49. The molecule has 1 aromatic carbocycles. The molecule has 0 saturated heterocycles. The molecule has 3 N–H and O–H groups in total. The maximum atomic E-state index is 10.0. The topological polar surface area (TPSA) is 80.4 Å². The van der Waals surface area contributed by atoms with E-state index in [4.69, 9.17) is 10.8 Å². The monoisotopic (exact) mass is 287 g/mol. The number of carbonyl (C=O) groups excluding carboxylic acids is 2. The van der Waals surface area contributed by atoms with Crippen molar-refractivity contribution in [2.24, 2.45) is 0 Å². The molecule has 1 rings (SSSR count). The van der Waals surface area contributed by atoms with Crippen LogP contribution in [0, 0.1) is 6.92 Å². The number of rotatable bonds is 2. The molecule has 0 unspecified atom stereocenters. The number of hydrogen-bond acceptors (Lipinski definition) is 4. The van der Waals surface area contributed by atoms with Crippen molar-refractivity contribution in [2.75, 3.05) is 5.73 Å². The number of aryl methyl sites for hydroxylation is 1. The van der Waals surface area contributed by atoms with E-state index in [9.17, 15) is 9.59 Å². The molecule has 17 heavy (non-hydrogen) atoms. The van der Waals surface area contributed by atoms with E-state index in [0.717, 1.165) is 5.56 Å². The smallest absolute Gasteiger partial charge is 0.141 e. The number of ketones is 2. The third kappa shape index (κ3) is 8.58. The standard InChI is InChI=1S/C7H9NO.C5H8O2.Zn/c1-5-3-2-4-6(8)7(5)9;1-4(6)3-5(2)7;/h2-4,9H,8H2,1H3;3H2,1-2H3;. The van der Waals surface area contributed by atoms with Crippen LogP contribution in [0.25, 0.3) is 0 Å². The van der Waals surface area contributed by atoms with E-state index in [-0.39, 0.29) is 43.2 Å². The van der Waals surface area contributed by atoms with Gasteiger partial charge in [0.25, 0.3) is 0 Å². The number of carbonyl (C=O) groups is 2. The Morgan fingerprint density at radius 2 is 1.71 bits per heavy atom. The van der Waals surface area contributed by atoms with E-state index in [2.05, 4.69) is 0 Å². The predicted octanol–water partition coefficient (Wildman–Crippen LogP) is 1.83. The Hall–Kier alpha value is -1.22. The van der Waals surface area contributed by atoms with Crippen LogP contribution in [0.15, 0.2) is 18.2 Å². The van der Waals surface area contributed by atoms with E-state index < -0.39 is 0 Å². The van der Waals surface area contributed by atoms with E-state index >= 15 is 0 Å². The molecule has 0 atom stereocenters. The van der Waals surface area contributed by atoms with Crippen LogP contribution >= 0.6 is 0 Å². The number of phenolic OH excluding ortho intramolecular Hbond substituents is 1. The molecule has 0 aliphatic heterocycles. The van der Waals surface area contributed by atoms with Gasteiger partial charge in [-0.2, -0.15) is 0 Å². The van der Waals surface area contributed by atoms with Crippen LogP contribution in [0.3, 0.4) is 0 Å². The Balaban J connectivity index is 0. The second kappa shape index (κ2) is 8.88. The van der Waals surface area contributed by atoms with Crippen molar-refractivity contribution in [3.8, 4) is 5.75 Å². The summed E-state index contributed by atoms with van der Waals surface area (Å²) in [5.41, 5.74) is 6.63. The van der Waals surface area contributed by atoms with Crippen LogP contribution in [0.1, 0.15) is 25.8 Å². The predicted molar refractivity (Wildman–Crippen MR) is 63.2 cm³/mol. The molecule has 0 heterocycles. The molecular formula is C12H17NO3Zn. The van der Waals surface area contributed by atoms with Crippen molar-refractivity contribution in [1.82, 2.24) is 0 Å². The number of hydrogen-bond donors (Lipinski definition) is 2. The second-order valence-electron chi connectivity index (χ2n) is 3.59. The Morgan fingerprint density at radius 3 is 1.94 bits per heavy atom. The van der Waals surface area contributed by atoms with Crippen LogP contribution in [-0.4, -0.2) is 16.7 Å². The molecule has 0 saturated carbocycles. The minimum absolute atomic E-state index is 0. The van der Waals surface area contributed by atoms with Crippen molar-refractivity contribution in [3.05, 3.63) is 23.8 Å². The Morgan fingerprint density at radius 1 is 1.24 bits per heavy atom. The number of Topliss-reactive ketones (excluding diaryl/α,β-unsaturated/α-hetero) is 2. The van der Waals surface area contributed by atoms with E-state index in [1.165, 1.54) is 13.8 Å². The molecule has 1 aromatic rings. The average Bonchev–Trinajstić information content (AvgIpc) is 2.12. The summed E-state index contributed by atoms with van der Waals surface area (Å²) in [4.78, 5) is 20.1. The zero-order valence-corrected chi connectivity index (χ0v) is 13.5. The number of phenols is 1. The van der Waals surface area contributed by atoms with Crippen molar-refractivity contribution in [2.45, 2.75) is 27.2 Å². The van der Waals surface area contributed by atoms with Gasteiger partial charge >= 0.3 is 0 Å². The van der Waals surface area contributed by atoms with Gasteiger partial charge in [0.2, 0.25) is 0 Å². The molecule has 0 aliphatic rings. The quantitative estimate of drug-likeness (QED) is 0.376. The third-order valence-electron chi connectivity index (χ3n) is 1.77. The second-order valence-corrected chi connectivity index (χ2v) is 3.59. The van der Waals surface area contributed by atoms with Gasteiger partial charge in [-0.05, 0) is 32.4 Å². The normalized spacial score (nSPS) is 8.41. The number of para-hydroxylation sites is 1. The van der Waals surface area contributed by atoms with E-state index in [1.54, 1.807) is 6.07 Å².